The van der Waals surface area contributed by atoms with Gasteiger partial charge in [-0.25, -0.2) is 10.00 Å². The molecule has 0 atom stereocenters. The third-order valence-electron chi connectivity index (χ3n) is 3.39. The SMILES string of the molecule is O=C(NOCC1CCC1)c1cccn2nccc12. The second-order valence-corrected chi connectivity index (χ2v) is 4.62. The average molecular weight is 245 g/mol. The molecule has 0 radical (unpaired) electrons. The Labute approximate surface area is 105 Å². The van der Waals surface area contributed by atoms with Gasteiger partial charge in [-0.15, -0.1) is 0 Å². The minimum absolute atomic E-state index is 0.222. The van der Waals surface area contributed by atoms with Gasteiger partial charge < -0.3 is 0 Å². The zero-order valence-corrected chi connectivity index (χ0v) is 10.0. The molecular weight excluding hydrogens is 230 g/mol. The highest BCUT2D eigenvalue weighted by Crippen LogP contribution is 2.25. The molecule has 0 aliphatic heterocycles. The summed E-state index contributed by atoms with van der Waals surface area (Å²) in [4.78, 5) is 17.2. The van der Waals surface area contributed by atoms with Crippen molar-refractivity contribution in [3.63, 3.8) is 0 Å². The molecule has 1 amide bonds. The lowest BCUT2D eigenvalue weighted by molar-refractivity contribution is 0.00327. The number of fused-ring (bicyclic) bond motifs is 1. The summed E-state index contributed by atoms with van der Waals surface area (Å²) in [5.74, 6) is 0.386. The van der Waals surface area contributed by atoms with Gasteiger partial charge in [-0.05, 0) is 37.0 Å². The Morgan fingerprint density at radius 1 is 1.50 bits per heavy atom. The van der Waals surface area contributed by atoms with E-state index in [1.807, 2.05) is 0 Å². The number of pyridine rings is 1. The van der Waals surface area contributed by atoms with Crippen LogP contribution in [0.3, 0.4) is 0 Å². The van der Waals surface area contributed by atoms with Crippen LogP contribution in [0, 0.1) is 5.92 Å². The van der Waals surface area contributed by atoms with Gasteiger partial charge in [0.15, 0.2) is 0 Å². The number of aromatic nitrogens is 2. The number of nitrogens with one attached hydrogen (secondary N) is 1. The Morgan fingerprint density at radius 3 is 3.17 bits per heavy atom. The van der Waals surface area contributed by atoms with Gasteiger partial charge >= 0.3 is 0 Å². The highest BCUT2D eigenvalue weighted by atomic mass is 16.6. The lowest BCUT2D eigenvalue weighted by Crippen LogP contribution is -2.28. The largest absolute Gasteiger partial charge is 0.277 e. The monoisotopic (exact) mass is 245 g/mol. The quantitative estimate of drug-likeness (QED) is 0.835. The second kappa shape index (κ2) is 4.78. The van der Waals surface area contributed by atoms with Gasteiger partial charge in [0, 0.05) is 6.20 Å². The first kappa shape index (κ1) is 11.2. The maximum Gasteiger partial charge on any atom is 0.277 e. The van der Waals surface area contributed by atoms with Crippen LogP contribution in [0.15, 0.2) is 30.6 Å². The number of hydrogen-bond donors (Lipinski definition) is 1. The molecule has 1 N–H and O–H groups in total. The maximum absolute atomic E-state index is 12.0. The van der Waals surface area contributed by atoms with E-state index in [1.165, 1.54) is 19.3 Å². The van der Waals surface area contributed by atoms with E-state index in [9.17, 15) is 4.79 Å². The van der Waals surface area contributed by atoms with Crippen LogP contribution in [-0.4, -0.2) is 22.1 Å². The topological polar surface area (TPSA) is 55.6 Å². The van der Waals surface area contributed by atoms with E-state index < -0.39 is 0 Å². The molecule has 0 spiro atoms. The number of hydroxylamine groups is 1. The summed E-state index contributed by atoms with van der Waals surface area (Å²) < 4.78 is 1.67. The van der Waals surface area contributed by atoms with Crippen LogP contribution in [0.2, 0.25) is 0 Å². The van der Waals surface area contributed by atoms with Crippen molar-refractivity contribution in [2.45, 2.75) is 19.3 Å². The maximum atomic E-state index is 12.0. The number of rotatable bonds is 4. The second-order valence-electron chi connectivity index (χ2n) is 4.62. The molecule has 1 fully saturated rings. The van der Waals surface area contributed by atoms with E-state index in [2.05, 4.69) is 10.6 Å². The minimum Gasteiger partial charge on any atom is -0.273 e. The number of carbonyl (C=O) groups is 1. The fourth-order valence-electron chi connectivity index (χ4n) is 2.08. The molecule has 1 saturated carbocycles. The molecule has 0 bridgehead atoms. The van der Waals surface area contributed by atoms with Gasteiger partial charge in [0.1, 0.15) is 0 Å². The van der Waals surface area contributed by atoms with Gasteiger partial charge in [0.05, 0.1) is 23.9 Å². The van der Waals surface area contributed by atoms with Crippen LogP contribution in [0.25, 0.3) is 5.52 Å². The van der Waals surface area contributed by atoms with E-state index >= 15 is 0 Å². The first-order valence-corrected chi connectivity index (χ1v) is 6.19. The number of hydrogen-bond acceptors (Lipinski definition) is 3. The molecule has 5 heteroatoms. The normalized spacial score (nSPS) is 15.6. The summed E-state index contributed by atoms with van der Waals surface area (Å²) in [6, 6.07) is 5.36. The standard InChI is InChI=1S/C13H15N3O2/c17-13(15-18-9-10-3-1-4-10)11-5-2-8-16-12(11)6-7-14-16/h2,5-8,10H,1,3-4,9H2,(H,15,17). The molecular formula is C13H15N3O2. The lowest BCUT2D eigenvalue weighted by atomic mass is 9.86. The predicted octanol–water partition coefficient (Wildman–Crippen LogP) is 1.80. The molecule has 2 aromatic heterocycles. The highest BCUT2D eigenvalue weighted by molar-refractivity contribution is 6.00. The molecule has 5 nitrogen and oxygen atoms in total. The number of amides is 1. The van der Waals surface area contributed by atoms with Gasteiger partial charge in [0.25, 0.3) is 5.91 Å². The molecule has 0 saturated heterocycles. The Balaban J connectivity index is 1.65. The van der Waals surface area contributed by atoms with Gasteiger partial charge in [-0.1, -0.05) is 6.42 Å². The van der Waals surface area contributed by atoms with Crippen molar-refractivity contribution in [2.24, 2.45) is 5.92 Å². The number of nitrogens with zero attached hydrogens (tertiary/aromatic N) is 2. The van der Waals surface area contributed by atoms with E-state index in [4.69, 9.17) is 4.84 Å². The van der Waals surface area contributed by atoms with Crippen LogP contribution in [0.5, 0.6) is 0 Å². The van der Waals surface area contributed by atoms with Crippen molar-refractivity contribution in [1.82, 2.24) is 15.1 Å². The van der Waals surface area contributed by atoms with Crippen LogP contribution in [-0.2, 0) is 4.84 Å². The third-order valence-corrected chi connectivity index (χ3v) is 3.39. The molecule has 1 aliphatic carbocycles. The first-order valence-electron chi connectivity index (χ1n) is 6.19. The van der Waals surface area contributed by atoms with Crippen LogP contribution in [0.1, 0.15) is 29.6 Å². The molecule has 0 unspecified atom stereocenters. The van der Waals surface area contributed by atoms with Gasteiger partial charge in [0.2, 0.25) is 0 Å². The van der Waals surface area contributed by atoms with E-state index in [-0.39, 0.29) is 5.91 Å². The fraction of sp³-hybridized carbons (Fsp3) is 0.385. The average Bonchev–Trinajstić information content (AvgIpc) is 2.79. The molecule has 94 valence electrons. The molecule has 2 aromatic rings. The van der Waals surface area contributed by atoms with Crippen molar-refractivity contribution < 1.29 is 9.63 Å². The Hall–Kier alpha value is -1.88. The van der Waals surface area contributed by atoms with Crippen LogP contribution < -0.4 is 5.48 Å². The van der Waals surface area contributed by atoms with Crippen LogP contribution >= 0.6 is 0 Å². The van der Waals surface area contributed by atoms with Crippen molar-refractivity contribution >= 4 is 11.4 Å². The first-order chi connectivity index (χ1) is 8.84. The zero-order chi connectivity index (χ0) is 12.4. The molecule has 18 heavy (non-hydrogen) atoms. The summed E-state index contributed by atoms with van der Waals surface area (Å²) in [7, 11) is 0. The predicted molar refractivity (Wildman–Crippen MR) is 66.0 cm³/mol. The summed E-state index contributed by atoms with van der Waals surface area (Å²) in [6.45, 7) is 0.605. The number of carbonyl (C=O) groups excluding carboxylic acids is 1. The Morgan fingerprint density at radius 2 is 2.39 bits per heavy atom. The van der Waals surface area contributed by atoms with Crippen molar-refractivity contribution in [3.8, 4) is 0 Å². The zero-order valence-electron chi connectivity index (χ0n) is 10.0. The smallest absolute Gasteiger partial charge is 0.273 e. The van der Waals surface area contributed by atoms with Crippen molar-refractivity contribution in [1.29, 1.82) is 0 Å². The molecule has 1 aliphatic rings. The van der Waals surface area contributed by atoms with E-state index in [0.29, 0.717) is 18.1 Å². The Bertz CT molecular complexity index is 560. The van der Waals surface area contributed by atoms with Crippen molar-refractivity contribution in [3.05, 3.63) is 36.2 Å². The lowest BCUT2D eigenvalue weighted by Gasteiger charge is -2.24. The highest BCUT2D eigenvalue weighted by Gasteiger charge is 2.18. The Kier molecular flexibility index (Phi) is 2.98. The summed E-state index contributed by atoms with van der Waals surface area (Å²) >= 11 is 0. The third kappa shape index (κ3) is 2.09. The van der Waals surface area contributed by atoms with Gasteiger partial charge in [-0.2, -0.15) is 5.10 Å². The van der Waals surface area contributed by atoms with Crippen molar-refractivity contribution in [2.75, 3.05) is 6.61 Å². The fourth-order valence-corrected chi connectivity index (χ4v) is 2.08. The van der Waals surface area contributed by atoms with Crippen LogP contribution in [0.4, 0.5) is 0 Å². The molecule has 3 rings (SSSR count). The molecule has 2 heterocycles. The molecule has 0 aromatic carbocycles. The summed E-state index contributed by atoms with van der Waals surface area (Å²) in [5, 5.41) is 4.09. The van der Waals surface area contributed by atoms with E-state index in [0.717, 1.165) is 5.52 Å². The summed E-state index contributed by atoms with van der Waals surface area (Å²) in [5.41, 5.74) is 3.85. The summed E-state index contributed by atoms with van der Waals surface area (Å²) in [6.07, 6.45) is 7.15. The van der Waals surface area contributed by atoms with E-state index in [1.54, 1.807) is 35.1 Å². The van der Waals surface area contributed by atoms with Gasteiger partial charge in [-0.3, -0.25) is 9.63 Å². The minimum atomic E-state index is -0.222.